The molecule has 3 aromatic rings. The van der Waals surface area contributed by atoms with Crippen LogP contribution in [0.15, 0.2) is 65.7 Å². The Morgan fingerprint density at radius 2 is 1.80 bits per heavy atom. The van der Waals surface area contributed by atoms with Crippen molar-refractivity contribution in [2.75, 3.05) is 6.61 Å². The van der Waals surface area contributed by atoms with Gasteiger partial charge in [-0.2, -0.15) is 0 Å². The second-order valence-corrected chi connectivity index (χ2v) is 5.90. The molecule has 3 heteroatoms. The summed E-state index contributed by atoms with van der Waals surface area (Å²) in [6.07, 6.45) is 0. The maximum Gasteiger partial charge on any atom is 0.227 e. The van der Waals surface area contributed by atoms with Gasteiger partial charge < -0.3 is 4.74 Å². The van der Waals surface area contributed by atoms with Crippen LogP contribution < -0.4 is 0 Å². The number of nitrogens with zero attached hydrogens (tertiary/aromatic N) is 1. The highest BCUT2D eigenvalue weighted by Crippen LogP contribution is 2.30. The lowest BCUT2D eigenvalue weighted by Gasteiger charge is -2.03. The minimum absolute atomic E-state index is 0.122. The van der Waals surface area contributed by atoms with Crippen molar-refractivity contribution in [2.45, 2.75) is 6.04 Å². The Bertz CT molecular complexity index is 743. The largest absolute Gasteiger partial charge is 0.474 e. The zero-order chi connectivity index (χ0) is 13.4. The second kappa shape index (κ2) is 4.76. The van der Waals surface area contributed by atoms with Crippen molar-refractivity contribution in [2.24, 2.45) is 4.99 Å². The van der Waals surface area contributed by atoms with E-state index < -0.39 is 0 Å². The normalized spacial score (nSPS) is 18.0. The number of thiophene rings is 1. The molecule has 0 bridgehead atoms. The molecule has 0 amide bonds. The molecule has 0 radical (unpaired) electrons. The lowest BCUT2D eigenvalue weighted by Crippen LogP contribution is -1.99. The van der Waals surface area contributed by atoms with E-state index in [1.54, 1.807) is 11.3 Å². The predicted molar refractivity (Wildman–Crippen MR) is 83.5 cm³/mol. The summed E-state index contributed by atoms with van der Waals surface area (Å²) in [6.45, 7) is 0.633. The molecule has 4 rings (SSSR count). The number of hydrogen-bond acceptors (Lipinski definition) is 3. The van der Waals surface area contributed by atoms with Gasteiger partial charge in [0.05, 0.1) is 4.88 Å². The monoisotopic (exact) mass is 279 g/mol. The molecule has 1 aromatic heterocycles. The van der Waals surface area contributed by atoms with Gasteiger partial charge in [-0.25, -0.2) is 4.99 Å². The second-order valence-electron chi connectivity index (χ2n) is 4.82. The summed E-state index contributed by atoms with van der Waals surface area (Å²) >= 11 is 1.74. The Balaban J connectivity index is 1.69. The fraction of sp³-hybridized carbons (Fsp3) is 0.118. The Morgan fingerprint density at radius 3 is 2.65 bits per heavy atom. The van der Waals surface area contributed by atoms with Crippen LogP contribution in [0.5, 0.6) is 0 Å². The van der Waals surface area contributed by atoms with Crippen molar-refractivity contribution >= 4 is 27.3 Å². The van der Waals surface area contributed by atoms with Crippen molar-refractivity contribution in [3.63, 3.8) is 0 Å². The summed E-state index contributed by atoms with van der Waals surface area (Å²) in [5, 5.41) is 1.25. The van der Waals surface area contributed by atoms with Crippen LogP contribution in [0.2, 0.25) is 0 Å². The van der Waals surface area contributed by atoms with Crippen LogP contribution >= 0.6 is 11.3 Å². The van der Waals surface area contributed by atoms with Crippen molar-refractivity contribution in [1.29, 1.82) is 0 Å². The summed E-state index contributed by atoms with van der Waals surface area (Å²) in [6, 6.07) is 21.0. The van der Waals surface area contributed by atoms with Gasteiger partial charge >= 0.3 is 0 Å². The fourth-order valence-corrected chi connectivity index (χ4v) is 3.46. The molecular weight excluding hydrogens is 266 g/mol. The highest BCUT2D eigenvalue weighted by atomic mass is 32.1. The number of fused-ring (bicyclic) bond motifs is 1. The first-order chi connectivity index (χ1) is 9.90. The van der Waals surface area contributed by atoms with Crippen LogP contribution in [-0.4, -0.2) is 12.5 Å². The van der Waals surface area contributed by atoms with Crippen LogP contribution in [-0.2, 0) is 4.74 Å². The van der Waals surface area contributed by atoms with Crippen molar-refractivity contribution in [3.8, 4) is 0 Å². The maximum absolute atomic E-state index is 5.80. The Hall–Kier alpha value is -2.13. The van der Waals surface area contributed by atoms with Gasteiger partial charge in [-0.3, -0.25) is 0 Å². The number of rotatable bonds is 2. The van der Waals surface area contributed by atoms with Gasteiger partial charge in [0.25, 0.3) is 0 Å². The Labute approximate surface area is 121 Å². The van der Waals surface area contributed by atoms with Gasteiger partial charge in [-0.15, -0.1) is 11.3 Å². The van der Waals surface area contributed by atoms with Crippen molar-refractivity contribution < 1.29 is 4.74 Å². The SMILES string of the molecule is c1ccc([C@@H]2COC(c3cc4ccccc4s3)=N2)cc1. The molecule has 0 saturated heterocycles. The highest BCUT2D eigenvalue weighted by Gasteiger charge is 2.22. The van der Waals surface area contributed by atoms with Crippen molar-refractivity contribution in [3.05, 3.63) is 71.1 Å². The van der Waals surface area contributed by atoms with E-state index in [9.17, 15) is 0 Å². The summed E-state index contributed by atoms with van der Waals surface area (Å²) in [5.74, 6) is 0.778. The molecule has 0 aliphatic carbocycles. The highest BCUT2D eigenvalue weighted by molar-refractivity contribution is 7.20. The summed E-state index contributed by atoms with van der Waals surface area (Å²) < 4.78 is 7.07. The van der Waals surface area contributed by atoms with E-state index in [-0.39, 0.29) is 6.04 Å². The number of benzene rings is 2. The van der Waals surface area contributed by atoms with Gasteiger partial charge in [-0.1, -0.05) is 48.5 Å². The molecule has 0 spiro atoms. The zero-order valence-electron chi connectivity index (χ0n) is 10.8. The summed E-state index contributed by atoms with van der Waals surface area (Å²) in [4.78, 5) is 5.84. The molecule has 0 unspecified atom stereocenters. The third-order valence-corrected chi connectivity index (χ3v) is 4.58. The molecule has 2 aromatic carbocycles. The molecule has 98 valence electrons. The van der Waals surface area contributed by atoms with E-state index in [4.69, 9.17) is 9.73 Å². The summed E-state index contributed by atoms with van der Waals surface area (Å²) in [5.41, 5.74) is 1.21. The van der Waals surface area contributed by atoms with Crippen LogP contribution in [0.1, 0.15) is 16.5 Å². The quantitative estimate of drug-likeness (QED) is 0.680. The number of ether oxygens (including phenoxy) is 1. The number of hydrogen-bond donors (Lipinski definition) is 0. The van der Waals surface area contributed by atoms with E-state index in [1.807, 2.05) is 18.2 Å². The fourth-order valence-electron chi connectivity index (χ4n) is 2.44. The van der Waals surface area contributed by atoms with Gasteiger partial charge in [0.1, 0.15) is 12.6 Å². The molecule has 1 atom stereocenters. The van der Waals surface area contributed by atoms with Crippen LogP contribution in [0.25, 0.3) is 10.1 Å². The van der Waals surface area contributed by atoms with Gasteiger partial charge in [0.15, 0.2) is 0 Å². The predicted octanol–water partition coefficient (Wildman–Crippen LogP) is 4.42. The third kappa shape index (κ3) is 2.00. The smallest absolute Gasteiger partial charge is 0.227 e. The average Bonchev–Trinajstić information content (AvgIpc) is 3.14. The molecule has 2 heterocycles. The first-order valence-corrected chi connectivity index (χ1v) is 7.46. The zero-order valence-corrected chi connectivity index (χ0v) is 11.6. The van der Waals surface area contributed by atoms with E-state index in [0.29, 0.717) is 6.61 Å². The third-order valence-electron chi connectivity index (χ3n) is 3.47. The van der Waals surface area contributed by atoms with Gasteiger partial charge in [0.2, 0.25) is 5.90 Å². The van der Waals surface area contributed by atoms with E-state index in [1.165, 1.54) is 15.6 Å². The molecule has 0 saturated carbocycles. The Morgan fingerprint density at radius 1 is 1.00 bits per heavy atom. The van der Waals surface area contributed by atoms with E-state index >= 15 is 0 Å². The molecule has 1 aliphatic heterocycles. The molecule has 0 N–H and O–H groups in total. The van der Waals surface area contributed by atoms with E-state index in [2.05, 4.69) is 42.5 Å². The first-order valence-electron chi connectivity index (χ1n) is 6.65. The van der Waals surface area contributed by atoms with E-state index in [0.717, 1.165) is 10.8 Å². The molecule has 1 aliphatic rings. The number of aliphatic imine (C=N–C) groups is 1. The molecule has 2 nitrogen and oxygen atoms in total. The minimum Gasteiger partial charge on any atom is -0.474 e. The average molecular weight is 279 g/mol. The maximum atomic E-state index is 5.80. The molecule has 0 fully saturated rings. The van der Waals surface area contributed by atoms with Gasteiger partial charge in [-0.05, 0) is 23.1 Å². The van der Waals surface area contributed by atoms with Crippen LogP contribution in [0.4, 0.5) is 0 Å². The lowest BCUT2D eigenvalue weighted by molar-refractivity contribution is 0.320. The molecular formula is C17H13NOS. The molecule has 20 heavy (non-hydrogen) atoms. The van der Waals surface area contributed by atoms with Crippen LogP contribution in [0.3, 0.4) is 0 Å². The standard InChI is InChI=1S/C17H13NOS/c1-2-6-12(7-3-1)14-11-19-17(18-14)16-10-13-8-4-5-9-15(13)20-16/h1-10,14H,11H2/t14-/m0/s1. The first kappa shape index (κ1) is 11.7. The minimum atomic E-state index is 0.122. The van der Waals surface area contributed by atoms with Gasteiger partial charge in [0, 0.05) is 4.70 Å². The summed E-state index contributed by atoms with van der Waals surface area (Å²) in [7, 11) is 0. The topological polar surface area (TPSA) is 21.6 Å². The Kier molecular flexibility index (Phi) is 2.78. The lowest BCUT2D eigenvalue weighted by atomic mass is 10.1. The van der Waals surface area contributed by atoms with Crippen LogP contribution in [0, 0.1) is 0 Å². The van der Waals surface area contributed by atoms with Crippen molar-refractivity contribution in [1.82, 2.24) is 0 Å².